The second-order valence-corrected chi connectivity index (χ2v) is 3.30. The van der Waals surface area contributed by atoms with Crippen molar-refractivity contribution in [3.05, 3.63) is 0 Å². The van der Waals surface area contributed by atoms with E-state index in [1.165, 1.54) is 25.7 Å². The van der Waals surface area contributed by atoms with Crippen molar-refractivity contribution in [1.29, 1.82) is 0 Å². The minimum atomic E-state index is -1.03. The fourth-order valence-electron chi connectivity index (χ4n) is 1.52. The summed E-state index contributed by atoms with van der Waals surface area (Å²) in [6, 6.07) is 0. The van der Waals surface area contributed by atoms with Crippen LogP contribution in [-0.2, 0) is 4.79 Å². The molecule has 1 aliphatic heterocycles. The van der Waals surface area contributed by atoms with Gasteiger partial charge in [-0.15, -0.1) is 0 Å². The lowest BCUT2D eigenvalue weighted by molar-refractivity contribution is -0.130. The highest BCUT2D eigenvalue weighted by atomic mass is 16.4. The van der Waals surface area contributed by atoms with Crippen LogP contribution >= 0.6 is 0 Å². The maximum atomic E-state index is 10.1. The molecule has 72 valence electrons. The van der Waals surface area contributed by atoms with Gasteiger partial charge in [0, 0.05) is 5.92 Å². The number of hydrogen-bond donors (Lipinski definition) is 1. The van der Waals surface area contributed by atoms with Gasteiger partial charge in [0.15, 0.2) is 0 Å². The summed E-state index contributed by atoms with van der Waals surface area (Å²) in [5.41, 5.74) is 0. The van der Waals surface area contributed by atoms with Gasteiger partial charge in [0.25, 0.3) is 0 Å². The first kappa shape index (κ1) is 10.1. The molecule has 0 bridgehead atoms. The van der Waals surface area contributed by atoms with Crippen molar-refractivity contribution in [2.24, 2.45) is 0 Å². The molecule has 1 aliphatic rings. The average Bonchev–Trinajstić information content (AvgIpc) is 2.32. The Labute approximate surface area is 78.7 Å². The maximum Gasteiger partial charge on any atom is 0.381 e. The number of carboxylic acids is 1. The molecular formula is C10H15NO2. The molecule has 1 N–H and O–H groups in total. The molecule has 0 unspecified atom stereocenters. The molecule has 0 aliphatic carbocycles. The van der Waals surface area contributed by atoms with Gasteiger partial charge in [-0.3, -0.25) is 4.90 Å². The van der Waals surface area contributed by atoms with Crippen molar-refractivity contribution < 1.29 is 9.90 Å². The molecule has 0 radical (unpaired) electrons. The SMILES string of the molecule is O=C(O)C#CCN1CCCCCC1. The van der Waals surface area contributed by atoms with E-state index in [0.29, 0.717) is 6.54 Å². The molecule has 0 amide bonds. The van der Waals surface area contributed by atoms with Gasteiger partial charge in [0.2, 0.25) is 0 Å². The maximum absolute atomic E-state index is 10.1. The molecule has 1 saturated heterocycles. The molecule has 0 saturated carbocycles. The molecule has 1 fully saturated rings. The topological polar surface area (TPSA) is 40.5 Å². The zero-order valence-electron chi connectivity index (χ0n) is 7.75. The Morgan fingerprint density at radius 2 is 1.85 bits per heavy atom. The second kappa shape index (κ2) is 5.60. The molecule has 0 spiro atoms. The van der Waals surface area contributed by atoms with E-state index in [9.17, 15) is 4.79 Å². The van der Waals surface area contributed by atoms with Gasteiger partial charge in [-0.1, -0.05) is 18.8 Å². The predicted octanol–water partition coefficient (Wildman–Crippen LogP) is 0.950. The smallest absolute Gasteiger partial charge is 0.381 e. The van der Waals surface area contributed by atoms with Crippen LogP contribution in [-0.4, -0.2) is 35.6 Å². The minimum Gasteiger partial charge on any atom is -0.472 e. The number of aliphatic carboxylic acids is 1. The number of nitrogens with zero attached hydrogens (tertiary/aromatic N) is 1. The third-order valence-electron chi connectivity index (χ3n) is 2.20. The fourth-order valence-corrected chi connectivity index (χ4v) is 1.52. The van der Waals surface area contributed by atoms with Crippen LogP contribution in [0.5, 0.6) is 0 Å². The van der Waals surface area contributed by atoms with Crippen LogP contribution in [0.15, 0.2) is 0 Å². The lowest BCUT2D eigenvalue weighted by Crippen LogP contribution is -2.24. The Kier molecular flexibility index (Phi) is 4.34. The third-order valence-corrected chi connectivity index (χ3v) is 2.20. The van der Waals surface area contributed by atoms with Gasteiger partial charge in [0.1, 0.15) is 0 Å². The van der Waals surface area contributed by atoms with Gasteiger partial charge in [-0.2, -0.15) is 0 Å². The van der Waals surface area contributed by atoms with E-state index in [1.54, 1.807) is 0 Å². The third kappa shape index (κ3) is 4.54. The molecule has 1 rings (SSSR count). The van der Waals surface area contributed by atoms with Crippen molar-refractivity contribution in [2.45, 2.75) is 25.7 Å². The predicted molar refractivity (Wildman–Crippen MR) is 50.3 cm³/mol. The molecule has 0 aromatic carbocycles. The van der Waals surface area contributed by atoms with E-state index in [2.05, 4.69) is 16.7 Å². The summed E-state index contributed by atoms with van der Waals surface area (Å²) in [4.78, 5) is 12.3. The van der Waals surface area contributed by atoms with E-state index in [4.69, 9.17) is 5.11 Å². The van der Waals surface area contributed by atoms with Crippen molar-refractivity contribution in [3.63, 3.8) is 0 Å². The van der Waals surface area contributed by atoms with Crippen LogP contribution in [0, 0.1) is 11.8 Å². The summed E-state index contributed by atoms with van der Waals surface area (Å²) < 4.78 is 0. The van der Waals surface area contributed by atoms with Crippen LogP contribution in [0.3, 0.4) is 0 Å². The van der Waals surface area contributed by atoms with Crippen molar-refractivity contribution in [3.8, 4) is 11.8 Å². The van der Waals surface area contributed by atoms with E-state index < -0.39 is 5.97 Å². The molecule has 0 atom stereocenters. The highest BCUT2D eigenvalue weighted by Gasteiger charge is 2.06. The number of carboxylic acid groups (broad SMARTS) is 1. The van der Waals surface area contributed by atoms with Crippen molar-refractivity contribution in [2.75, 3.05) is 19.6 Å². The highest BCUT2D eigenvalue weighted by Crippen LogP contribution is 2.08. The van der Waals surface area contributed by atoms with Crippen LogP contribution in [0.2, 0.25) is 0 Å². The zero-order valence-corrected chi connectivity index (χ0v) is 7.75. The summed E-state index contributed by atoms with van der Waals surface area (Å²) in [6.07, 6.45) is 5.02. The van der Waals surface area contributed by atoms with Crippen LogP contribution in [0.25, 0.3) is 0 Å². The van der Waals surface area contributed by atoms with Crippen LogP contribution in [0.1, 0.15) is 25.7 Å². The number of hydrogen-bond acceptors (Lipinski definition) is 2. The molecule has 1 heterocycles. The first-order valence-electron chi connectivity index (χ1n) is 4.73. The lowest BCUT2D eigenvalue weighted by atomic mass is 10.2. The van der Waals surface area contributed by atoms with E-state index >= 15 is 0 Å². The summed E-state index contributed by atoms with van der Waals surface area (Å²) in [7, 11) is 0. The molecule has 3 heteroatoms. The van der Waals surface area contributed by atoms with E-state index in [-0.39, 0.29) is 0 Å². The monoisotopic (exact) mass is 181 g/mol. The van der Waals surface area contributed by atoms with Gasteiger partial charge in [0.05, 0.1) is 6.54 Å². The zero-order chi connectivity index (χ0) is 9.52. The largest absolute Gasteiger partial charge is 0.472 e. The normalized spacial score (nSPS) is 18.5. The van der Waals surface area contributed by atoms with Crippen molar-refractivity contribution >= 4 is 5.97 Å². The standard InChI is InChI=1S/C10H15NO2/c12-10(13)6-5-9-11-7-3-1-2-4-8-11/h1-4,7-9H2,(H,12,13). The molecule has 0 aromatic heterocycles. The molecule has 13 heavy (non-hydrogen) atoms. The van der Waals surface area contributed by atoms with Gasteiger partial charge >= 0.3 is 5.97 Å². The van der Waals surface area contributed by atoms with Crippen molar-refractivity contribution in [1.82, 2.24) is 4.90 Å². The first-order valence-corrected chi connectivity index (χ1v) is 4.73. The first-order chi connectivity index (χ1) is 6.29. The minimum absolute atomic E-state index is 0.603. The highest BCUT2D eigenvalue weighted by molar-refractivity contribution is 5.86. The lowest BCUT2D eigenvalue weighted by Gasteiger charge is -2.15. The number of likely N-dealkylation sites (tertiary alicyclic amines) is 1. The van der Waals surface area contributed by atoms with Gasteiger partial charge in [-0.25, -0.2) is 4.79 Å². The molecular weight excluding hydrogens is 166 g/mol. The van der Waals surface area contributed by atoms with Crippen LogP contribution < -0.4 is 0 Å². The summed E-state index contributed by atoms with van der Waals surface area (Å²) in [6.45, 7) is 2.73. The van der Waals surface area contributed by atoms with E-state index in [0.717, 1.165) is 13.1 Å². The Morgan fingerprint density at radius 1 is 1.23 bits per heavy atom. The molecule has 0 aromatic rings. The second-order valence-electron chi connectivity index (χ2n) is 3.30. The Balaban J connectivity index is 2.27. The Hall–Kier alpha value is -1.01. The number of carbonyl (C=O) groups is 1. The van der Waals surface area contributed by atoms with Gasteiger partial charge < -0.3 is 5.11 Å². The quantitative estimate of drug-likeness (QED) is 0.612. The summed E-state index contributed by atoms with van der Waals surface area (Å²) >= 11 is 0. The average molecular weight is 181 g/mol. The fraction of sp³-hybridized carbons (Fsp3) is 0.700. The summed E-state index contributed by atoms with van der Waals surface area (Å²) in [5.74, 6) is 3.76. The molecule has 3 nitrogen and oxygen atoms in total. The van der Waals surface area contributed by atoms with Gasteiger partial charge in [-0.05, 0) is 25.9 Å². The number of rotatable bonds is 1. The Morgan fingerprint density at radius 3 is 2.38 bits per heavy atom. The van der Waals surface area contributed by atoms with E-state index in [1.807, 2.05) is 0 Å². The Bertz CT molecular complexity index is 219. The summed E-state index contributed by atoms with van der Waals surface area (Å²) in [5, 5.41) is 8.31. The van der Waals surface area contributed by atoms with Crippen LogP contribution in [0.4, 0.5) is 0 Å².